The van der Waals surface area contributed by atoms with E-state index in [1.54, 1.807) is 28.6 Å². The predicted molar refractivity (Wildman–Crippen MR) is 98.2 cm³/mol. The van der Waals surface area contributed by atoms with Crippen LogP contribution in [0.4, 0.5) is 5.69 Å². The van der Waals surface area contributed by atoms with Crippen molar-refractivity contribution in [1.29, 1.82) is 0 Å². The Bertz CT molecular complexity index is 798. The fourth-order valence-electron chi connectivity index (χ4n) is 3.04. The number of aryl methyl sites for hydroxylation is 1. The van der Waals surface area contributed by atoms with E-state index in [9.17, 15) is 8.42 Å². The van der Waals surface area contributed by atoms with Gasteiger partial charge in [-0.05, 0) is 42.3 Å². The SMILES string of the molecule is CCc1ccccc1N1CCN(S(=O)(=O)c2ccc(Cl)cc2)CC1. The maximum Gasteiger partial charge on any atom is 0.243 e. The molecule has 0 spiro atoms. The second kappa shape index (κ2) is 7.13. The number of rotatable bonds is 4. The van der Waals surface area contributed by atoms with Gasteiger partial charge in [-0.25, -0.2) is 8.42 Å². The maximum atomic E-state index is 12.7. The third-order valence-corrected chi connectivity index (χ3v) is 6.57. The number of sulfonamides is 1. The van der Waals surface area contributed by atoms with Crippen molar-refractivity contribution < 1.29 is 8.42 Å². The van der Waals surface area contributed by atoms with Gasteiger partial charge in [-0.2, -0.15) is 4.31 Å². The maximum absolute atomic E-state index is 12.7. The van der Waals surface area contributed by atoms with Crippen LogP contribution in [0.5, 0.6) is 0 Å². The quantitative estimate of drug-likeness (QED) is 0.834. The topological polar surface area (TPSA) is 40.6 Å². The highest BCUT2D eigenvalue weighted by atomic mass is 35.5. The minimum atomic E-state index is -3.45. The highest BCUT2D eigenvalue weighted by Gasteiger charge is 2.28. The molecule has 0 saturated carbocycles. The van der Waals surface area contributed by atoms with Gasteiger partial charge in [0, 0.05) is 36.9 Å². The molecular weight excluding hydrogens is 344 g/mol. The van der Waals surface area contributed by atoms with Crippen LogP contribution in [0.2, 0.25) is 5.02 Å². The number of anilines is 1. The molecule has 2 aromatic rings. The minimum absolute atomic E-state index is 0.300. The summed E-state index contributed by atoms with van der Waals surface area (Å²) in [5, 5.41) is 0.537. The van der Waals surface area contributed by atoms with Crippen LogP contribution in [0.1, 0.15) is 12.5 Å². The molecule has 1 aliphatic rings. The van der Waals surface area contributed by atoms with Crippen molar-refractivity contribution in [2.45, 2.75) is 18.2 Å². The summed E-state index contributed by atoms with van der Waals surface area (Å²) in [6.45, 7) is 4.51. The van der Waals surface area contributed by atoms with Gasteiger partial charge in [-0.1, -0.05) is 36.7 Å². The van der Waals surface area contributed by atoms with Crippen molar-refractivity contribution in [3.8, 4) is 0 Å². The van der Waals surface area contributed by atoms with E-state index in [0.29, 0.717) is 36.1 Å². The molecule has 0 amide bonds. The molecule has 1 fully saturated rings. The average Bonchev–Trinajstić information content (AvgIpc) is 2.62. The lowest BCUT2D eigenvalue weighted by atomic mass is 10.1. The standard InChI is InChI=1S/C18H21ClN2O2S/c1-2-15-5-3-4-6-18(15)20-11-13-21(14-12-20)24(22,23)17-9-7-16(19)8-10-17/h3-10H,2,11-14H2,1H3. The third kappa shape index (κ3) is 3.43. The second-order valence-corrected chi connectivity index (χ2v) is 8.20. The molecule has 0 atom stereocenters. The summed E-state index contributed by atoms with van der Waals surface area (Å²) in [6.07, 6.45) is 0.972. The van der Waals surface area contributed by atoms with Crippen molar-refractivity contribution in [3.05, 3.63) is 59.1 Å². The molecule has 0 aromatic heterocycles. The van der Waals surface area contributed by atoms with Crippen LogP contribution in [-0.2, 0) is 16.4 Å². The Labute approximate surface area is 148 Å². The summed E-state index contributed by atoms with van der Waals surface area (Å²) in [7, 11) is -3.45. The summed E-state index contributed by atoms with van der Waals surface area (Å²) >= 11 is 5.85. The third-order valence-electron chi connectivity index (χ3n) is 4.40. The number of halogens is 1. The second-order valence-electron chi connectivity index (χ2n) is 5.83. The summed E-state index contributed by atoms with van der Waals surface area (Å²) < 4.78 is 27.0. The smallest absolute Gasteiger partial charge is 0.243 e. The van der Waals surface area contributed by atoms with Crippen LogP contribution in [0.3, 0.4) is 0 Å². The Hall–Kier alpha value is -1.56. The van der Waals surface area contributed by atoms with Gasteiger partial charge in [0.25, 0.3) is 0 Å². The Balaban J connectivity index is 1.74. The lowest BCUT2D eigenvalue weighted by Crippen LogP contribution is -2.48. The first-order valence-corrected chi connectivity index (χ1v) is 9.92. The zero-order valence-electron chi connectivity index (χ0n) is 13.7. The molecule has 0 unspecified atom stereocenters. The molecule has 0 N–H and O–H groups in total. The molecule has 4 nitrogen and oxygen atoms in total. The Morgan fingerprint density at radius 2 is 1.58 bits per heavy atom. The number of piperazine rings is 1. The summed E-state index contributed by atoms with van der Waals surface area (Å²) in [5.74, 6) is 0. The first kappa shape index (κ1) is 17.3. The van der Waals surface area contributed by atoms with Gasteiger partial charge in [-0.15, -0.1) is 0 Å². The molecule has 0 aliphatic carbocycles. The zero-order valence-corrected chi connectivity index (χ0v) is 15.2. The Kier molecular flexibility index (Phi) is 5.13. The van der Waals surface area contributed by atoms with E-state index in [1.165, 1.54) is 11.3 Å². The van der Waals surface area contributed by atoms with E-state index >= 15 is 0 Å². The Morgan fingerprint density at radius 3 is 2.21 bits per heavy atom. The molecule has 24 heavy (non-hydrogen) atoms. The molecule has 2 aromatic carbocycles. The van der Waals surface area contributed by atoms with Gasteiger partial charge in [0.1, 0.15) is 0 Å². The number of nitrogens with zero attached hydrogens (tertiary/aromatic N) is 2. The van der Waals surface area contributed by atoms with E-state index in [4.69, 9.17) is 11.6 Å². The molecule has 1 aliphatic heterocycles. The van der Waals surface area contributed by atoms with E-state index in [2.05, 4.69) is 24.0 Å². The fourth-order valence-corrected chi connectivity index (χ4v) is 4.59. The van der Waals surface area contributed by atoms with Gasteiger partial charge in [0.05, 0.1) is 4.90 Å². The molecule has 0 radical (unpaired) electrons. The van der Waals surface area contributed by atoms with Crippen LogP contribution in [0, 0.1) is 0 Å². The van der Waals surface area contributed by atoms with Gasteiger partial charge < -0.3 is 4.90 Å². The van der Waals surface area contributed by atoms with Crippen molar-refractivity contribution >= 4 is 27.3 Å². The summed E-state index contributed by atoms with van der Waals surface area (Å²) in [6, 6.07) is 14.7. The zero-order chi connectivity index (χ0) is 17.2. The first-order chi connectivity index (χ1) is 11.5. The molecule has 0 bridgehead atoms. The highest BCUT2D eigenvalue weighted by molar-refractivity contribution is 7.89. The monoisotopic (exact) mass is 364 g/mol. The summed E-state index contributed by atoms with van der Waals surface area (Å²) in [5.41, 5.74) is 2.51. The number of hydrogen-bond donors (Lipinski definition) is 0. The van der Waals surface area contributed by atoms with Crippen molar-refractivity contribution in [2.75, 3.05) is 31.1 Å². The average molecular weight is 365 g/mol. The molecule has 3 rings (SSSR count). The van der Waals surface area contributed by atoms with Crippen LogP contribution >= 0.6 is 11.6 Å². The predicted octanol–water partition coefficient (Wildman–Crippen LogP) is 3.41. The number of benzene rings is 2. The van der Waals surface area contributed by atoms with Gasteiger partial charge in [0.2, 0.25) is 10.0 Å². The van der Waals surface area contributed by atoms with E-state index in [0.717, 1.165) is 6.42 Å². The molecule has 128 valence electrons. The van der Waals surface area contributed by atoms with Crippen LogP contribution in [0.15, 0.2) is 53.4 Å². The first-order valence-electron chi connectivity index (χ1n) is 8.11. The van der Waals surface area contributed by atoms with E-state index in [1.807, 2.05) is 12.1 Å². The molecular formula is C18H21ClN2O2S. The highest BCUT2D eigenvalue weighted by Crippen LogP contribution is 2.25. The largest absolute Gasteiger partial charge is 0.369 e. The van der Waals surface area contributed by atoms with Crippen LogP contribution in [0.25, 0.3) is 0 Å². The summed E-state index contributed by atoms with van der Waals surface area (Å²) in [4.78, 5) is 2.57. The molecule has 1 heterocycles. The number of para-hydroxylation sites is 1. The lowest BCUT2D eigenvalue weighted by Gasteiger charge is -2.36. The van der Waals surface area contributed by atoms with Gasteiger partial charge >= 0.3 is 0 Å². The van der Waals surface area contributed by atoms with Gasteiger partial charge in [0.15, 0.2) is 0 Å². The number of hydrogen-bond acceptors (Lipinski definition) is 3. The van der Waals surface area contributed by atoms with E-state index < -0.39 is 10.0 Å². The van der Waals surface area contributed by atoms with Crippen LogP contribution < -0.4 is 4.90 Å². The van der Waals surface area contributed by atoms with Crippen molar-refractivity contribution in [1.82, 2.24) is 4.31 Å². The van der Waals surface area contributed by atoms with Crippen molar-refractivity contribution in [3.63, 3.8) is 0 Å². The van der Waals surface area contributed by atoms with E-state index in [-0.39, 0.29) is 0 Å². The molecule has 1 saturated heterocycles. The fraction of sp³-hybridized carbons (Fsp3) is 0.333. The Morgan fingerprint density at radius 1 is 0.958 bits per heavy atom. The van der Waals surface area contributed by atoms with Crippen molar-refractivity contribution in [2.24, 2.45) is 0 Å². The lowest BCUT2D eigenvalue weighted by molar-refractivity contribution is 0.384. The molecule has 6 heteroatoms. The minimum Gasteiger partial charge on any atom is -0.369 e. The van der Waals surface area contributed by atoms with Gasteiger partial charge in [-0.3, -0.25) is 0 Å². The van der Waals surface area contributed by atoms with Crippen LogP contribution in [-0.4, -0.2) is 38.9 Å². The normalized spacial score (nSPS) is 16.3.